The lowest BCUT2D eigenvalue weighted by Crippen LogP contribution is -2.50. The van der Waals surface area contributed by atoms with Gasteiger partial charge in [-0.25, -0.2) is 4.79 Å². The van der Waals surface area contributed by atoms with Crippen molar-refractivity contribution in [2.75, 3.05) is 6.61 Å². The SMILES string of the molecule is CC[C@@H]1CCc2sc(C(=O)OCC(=O)NC3(C#N)CCCCC3)cc2C1. The minimum atomic E-state index is -0.793. The van der Waals surface area contributed by atoms with Gasteiger partial charge in [-0.1, -0.05) is 32.6 Å². The van der Waals surface area contributed by atoms with E-state index in [0.717, 1.165) is 38.5 Å². The van der Waals surface area contributed by atoms with Crippen molar-refractivity contribution < 1.29 is 14.3 Å². The third-order valence-corrected chi connectivity index (χ3v) is 6.81. The van der Waals surface area contributed by atoms with E-state index in [0.29, 0.717) is 23.6 Å². The van der Waals surface area contributed by atoms with Gasteiger partial charge in [0.25, 0.3) is 5.91 Å². The molecule has 1 N–H and O–H groups in total. The summed E-state index contributed by atoms with van der Waals surface area (Å²) in [6.45, 7) is 1.87. The van der Waals surface area contributed by atoms with Gasteiger partial charge in [-0.2, -0.15) is 5.26 Å². The average molecular weight is 375 g/mol. The monoisotopic (exact) mass is 374 g/mol. The van der Waals surface area contributed by atoms with Gasteiger partial charge in [0.05, 0.1) is 6.07 Å². The summed E-state index contributed by atoms with van der Waals surface area (Å²) in [7, 11) is 0. The molecule has 6 heteroatoms. The number of nitrogens with one attached hydrogen (secondary N) is 1. The largest absolute Gasteiger partial charge is 0.451 e. The van der Waals surface area contributed by atoms with E-state index < -0.39 is 17.4 Å². The maximum absolute atomic E-state index is 12.3. The molecule has 26 heavy (non-hydrogen) atoms. The Bertz CT molecular complexity index is 713. The predicted molar refractivity (Wildman–Crippen MR) is 100.0 cm³/mol. The number of carbonyl (C=O) groups is 2. The molecular formula is C20H26N2O3S. The highest BCUT2D eigenvalue weighted by atomic mass is 32.1. The zero-order chi connectivity index (χ0) is 18.6. The first kappa shape index (κ1) is 18.9. The fraction of sp³-hybridized carbons (Fsp3) is 0.650. The molecule has 0 aromatic carbocycles. The number of carbonyl (C=O) groups excluding carboxylic acids is 2. The standard InChI is InChI=1S/C20H26N2O3S/c1-2-14-6-7-16-15(10-14)11-17(26-16)19(24)25-12-18(23)22-20(13-21)8-4-3-5-9-20/h11,14H,2-10,12H2,1H3,(H,22,23)/t14-/m1/s1. The lowest BCUT2D eigenvalue weighted by atomic mass is 9.83. The number of ether oxygens (including phenoxy) is 1. The summed E-state index contributed by atoms with van der Waals surface area (Å²) in [5, 5.41) is 12.2. The number of esters is 1. The van der Waals surface area contributed by atoms with Crippen LogP contribution >= 0.6 is 11.3 Å². The number of nitriles is 1. The van der Waals surface area contributed by atoms with E-state index in [1.54, 1.807) is 0 Å². The normalized spacial score (nSPS) is 21.3. The molecule has 2 aliphatic rings. The molecule has 1 aromatic rings. The predicted octanol–water partition coefficient (Wildman–Crippen LogP) is 3.76. The van der Waals surface area contributed by atoms with Crippen molar-refractivity contribution in [2.45, 2.75) is 70.3 Å². The van der Waals surface area contributed by atoms with Gasteiger partial charge in [0, 0.05) is 4.88 Å². The lowest BCUT2D eigenvalue weighted by molar-refractivity contribution is -0.125. The molecule has 2 aliphatic carbocycles. The van der Waals surface area contributed by atoms with E-state index >= 15 is 0 Å². The number of hydrogen-bond donors (Lipinski definition) is 1. The molecule has 0 unspecified atom stereocenters. The lowest BCUT2D eigenvalue weighted by Gasteiger charge is -2.31. The smallest absolute Gasteiger partial charge is 0.348 e. The molecule has 0 aliphatic heterocycles. The zero-order valence-electron chi connectivity index (χ0n) is 15.3. The minimum Gasteiger partial charge on any atom is -0.451 e. The molecule has 5 nitrogen and oxygen atoms in total. The molecule has 3 rings (SSSR count). The number of hydrogen-bond acceptors (Lipinski definition) is 5. The van der Waals surface area contributed by atoms with Crippen molar-refractivity contribution in [3.8, 4) is 6.07 Å². The fourth-order valence-electron chi connectivity index (χ4n) is 3.97. The summed E-state index contributed by atoms with van der Waals surface area (Å²) >= 11 is 1.49. The van der Waals surface area contributed by atoms with Gasteiger partial charge in [0.2, 0.25) is 0 Å². The second-order valence-electron chi connectivity index (χ2n) is 7.46. The minimum absolute atomic E-state index is 0.331. The summed E-state index contributed by atoms with van der Waals surface area (Å²) in [6, 6.07) is 4.17. The Labute approximate surface area is 158 Å². The molecule has 0 spiro atoms. The molecule has 140 valence electrons. The van der Waals surface area contributed by atoms with E-state index in [2.05, 4.69) is 18.3 Å². The van der Waals surface area contributed by atoms with Crippen LogP contribution in [0.3, 0.4) is 0 Å². The van der Waals surface area contributed by atoms with Crippen LogP contribution in [0.5, 0.6) is 0 Å². The van der Waals surface area contributed by atoms with Crippen LogP contribution in [0.2, 0.25) is 0 Å². The maximum atomic E-state index is 12.3. The number of aryl methyl sites for hydroxylation is 1. The summed E-state index contributed by atoms with van der Waals surface area (Å²) in [6.07, 6.45) is 8.69. The Balaban J connectivity index is 1.53. The summed E-state index contributed by atoms with van der Waals surface area (Å²) < 4.78 is 5.20. The van der Waals surface area contributed by atoms with Gasteiger partial charge in [0.15, 0.2) is 6.61 Å². The number of thiophene rings is 1. The Kier molecular flexibility index (Phi) is 5.98. The third-order valence-electron chi connectivity index (χ3n) is 5.60. The molecular weight excluding hydrogens is 348 g/mol. The first-order chi connectivity index (χ1) is 12.5. The van der Waals surface area contributed by atoms with Crippen LogP contribution in [0.4, 0.5) is 0 Å². The second kappa shape index (κ2) is 8.22. The van der Waals surface area contributed by atoms with Crippen LogP contribution in [0.15, 0.2) is 6.07 Å². The molecule has 1 saturated carbocycles. The molecule has 0 saturated heterocycles. The first-order valence-corrected chi connectivity index (χ1v) is 10.4. The van der Waals surface area contributed by atoms with E-state index in [4.69, 9.17) is 4.74 Å². The van der Waals surface area contributed by atoms with Crippen molar-refractivity contribution in [1.82, 2.24) is 5.32 Å². The summed E-state index contributed by atoms with van der Waals surface area (Å²) in [5.74, 6) is -0.138. The number of nitrogens with zero attached hydrogens (tertiary/aromatic N) is 1. The highest BCUT2D eigenvalue weighted by molar-refractivity contribution is 7.14. The summed E-state index contributed by atoms with van der Waals surface area (Å²) in [4.78, 5) is 26.3. The molecule has 1 aromatic heterocycles. The number of rotatable bonds is 5. The third kappa shape index (κ3) is 4.27. The Hall–Kier alpha value is -1.87. The van der Waals surface area contributed by atoms with E-state index in [-0.39, 0.29) is 6.61 Å². The van der Waals surface area contributed by atoms with Crippen LogP contribution in [0, 0.1) is 17.2 Å². The summed E-state index contributed by atoms with van der Waals surface area (Å²) in [5.41, 5.74) is 0.467. The number of fused-ring (bicyclic) bond motifs is 1. The van der Waals surface area contributed by atoms with Crippen molar-refractivity contribution in [3.05, 3.63) is 21.4 Å². The zero-order valence-corrected chi connectivity index (χ0v) is 16.1. The topological polar surface area (TPSA) is 79.2 Å². The fourth-order valence-corrected chi connectivity index (χ4v) is 5.08. The van der Waals surface area contributed by atoms with Crippen molar-refractivity contribution in [1.29, 1.82) is 5.26 Å². The van der Waals surface area contributed by atoms with Crippen molar-refractivity contribution in [3.63, 3.8) is 0 Å². The van der Waals surface area contributed by atoms with Crippen LogP contribution < -0.4 is 5.32 Å². The van der Waals surface area contributed by atoms with Gasteiger partial charge in [-0.05, 0) is 49.7 Å². The van der Waals surface area contributed by atoms with Gasteiger partial charge >= 0.3 is 5.97 Å². The molecule has 1 amide bonds. The molecule has 0 radical (unpaired) electrons. The average Bonchev–Trinajstić information content (AvgIpc) is 3.10. The number of amides is 1. The molecule has 1 fully saturated rings. The highest BCUT2D eigenvalue weighted by Gasteiger charge is 2.33. The first-order valence-electron chi connectivity index (χ1n) is 9.56. The Morgan fingerprint density at radius 3 is 2.85 bits per heavy atom. The van der Waals surface area contributed by atoms with E-state index in [1.807, 2.05) is 6.07 Å². The Morgan fingerprint density at radius 1 is 1.38 bits per heavy atom. The van der Waals surface area contributed by atoms with Crippen LogP contribution in [-0.2, 0) is 22.4 Å². The van der Waals surface area contributed by atoms with Crippen molar-refractivity contribution in [2.24, 2.45) is 5.92 Å². The molecule has 0 bridgehead atoms. The van der Waals surface area contributed by atoms with Crippen LogP contribution in [0.25, 0.3) is 0 Å². The van der Waals surface area contributed by atoms with Gasteiger partial charge in [-0.3, -0.25) is 4.79 Å². The quantitative estimate of drug-likeness (QED) is 0.796. The molecule has 1 atom stereocenters. The molecule has 1 heterocycles. The maximum Gasteiger partial charge on any atom is 0.348 e. The van der Waals surface area contributed by atoms with E-state index in [9.17, 15) is 14.9 Å². The second-order valence-corrected chi connectivity index (χ2v) is 8.59. The van der Waals surface area contributed by atoms with Gasteiger partial charge < -0.3 is 10.1 Å². The van der Waals surface area contributed by atoms with Gasteiger partial charge in [0.1, 0.15) is 10.4 Å². The highest BCUT2D eigenvalue weighted by Crippen LogP contribution is 2.34. The van der Waals surface area contributed by atoms with E-state index in [1.165, 1.54) is 28.2 Å². The van der Waals surface area contributed by atoms with Crippen LogP contribution in [0.1, 0.15) is 72.0 Å². The van der Waals surface area contributed by atoms with Crippen molar-refractivity contribution >= 4 is 23.2 Å². The van der Waals surface area contributed by atoms with Gasteiger partial charge in [-0.15, -0.1) is 11.3 Å². The Morgan fingerprint density at radius 2 is 2.15 bits per heavy atom. The van der Waals surface area contributed by atoms with Crippen LogP contribution in [-0.4, -0.2) is 24.0 Å².